The molecule has 0 radical (unpaired) electrons. The second-order valence-electron chi connectivity index (χ2n) is 4.51. The van der Waals surface area contributed by atoms with E-state index in [9.17, 15) is 9.59 Å². The Morgan fingerprint density at radius 2 is 2.25 bits per heavy atom. The van der Waals surface area contributed by atoms with Crippen molar-refractivity contribution < 1.29 is 19.4 Å². The van der Waals surface area contributed by atoms with Crippen molar-refractivity contribution in [3.8, 4) is 0 Å². The number of rotatable bonds is 4. The third kappa shape index (κ3) is 3.09. The summed E-state index contributed by atoms with van der Waals surface area (Å²) in [6.45, 7) is 0.593. The van der Waals surface area contributed by atoms with E-state index in [1.165, 1.54) is 12.1 Å². The molecular formula is C13H15ClN2O4. The number of nitrogens with one attached hydrogen (secondary N) is 2. The Labute approximate surface area is 121 Å². The minimum absolute atomic E-state index is 0.0101. The predicted molar refractivity (Wildman–Crippen MR) is 74.2 cm³/mol. The Hall–Kier alpha value is -1.63. The molecule has 6 nitrogen and oxygen atoms in total. The van der Waals surface area contributed by atoms with Crippen LogP contribution >= 0.6 is 11.6 Å². The SMILES string of the molecule is COC1CNC(C(=O)Nc2cccc(Cl)c2C(=O)O)C1. The Bertz CT molecular complexity index is 535. The van der Waals surface area contributed by atoms with Gasteiger partial charge in [0.1, 0.15) is 5.56 Å². The number of halogens is 1. The molecule has 108 valence electrons. The van der Waals surface area contributed by atoms with Gasteiger partial charge < -0.3 is 20.5 Å². The van der Waals surface area contributed by atoms with Gasteiger partial charge in [-0.1, -0.05) is 17.7 Å². The molecule has 3 N–H and O–H groups in total. The number of anilines is 1. The zero-order valence-corrected chi connectivity index (χ0v) is 11.6. The third-order valence-electron chi connectivity index (χ3n) is 3.23. The van der Waals surface area contributed by atoms with E-state index in [0.717, 1.165) is 0 Å². The summed E-state index contributed by atoms with van der Waals surface area (Å²) in [7, 11) is 1.59. The van der Waals surface area contributed by atoms with Gasteiger partial charge in [-0.3, -0.25) is 4.79 Å². The van der Waals surface area contributed by atoms with Crippen molar-refractivity contribution in [1.29, 1.82) is 0 Å². The lowest BCUT2D eigenvalue weighted by Gasteiger charge is -2.13. The smallest absolute Gasteiger partial charge is 0.339 e. The van der Waals surface area contributed by atoms with Crippen molar-refractivity contribution in [1.82, 2.24) is 5.32 Å². The molecule has 2 rings (SSSR count). The highest BCUT2D eigenvalue weighted by atomic mass is 35.5. The summed E-state index contributed by atoms with van der Waals surface area (Å²) in [5.74, 6) is -1.48. The van der Waals surface area contributed by atoms with Crippen LogP contribution in [-0.4, -0.2) is 42.8 Å². The lowest BCUT2D eigenvalue weighted by molar-refractivity contribution is -0.118. The molecule has 0 aliphatic carbocycles. The molecule has 1 heterocycles. The first-order valence-electron chi connectivity index (χ1n) is 6.11. The molecule has 2 atom stereocenters. The van der Waals surface area contributed by atoms with E-state index in [2.05, 4.69) is 10.6 Å². The van der Waals surface area contributed by atoms with Crippen LogP contribution in [0.15, 0.2) is 18.2 Å². The quantitative estimate of drug-likeness (QED) is 0.781. The Morgan fingerprint density at radius 1 is 1.50 bits per heavy atom. The summed E-state index contributed by atoms with van der Waals surface area (Å²) in [5, 5.41) is 14.8. The number of methoxy groups -OCH3 is 1. The average molecular weight is 299 g/mol. The number of ether oxygens (including phenoxy) is 1. The number of carbonyl (C=O) groups excluding carboxylic acids is 1. The highest BCUT2D eigenvalue weighted by Gasteiger charge is 2.30. The number of hydrogen-bond donors (Lipinski definition) is 3. The minimum atomic E-state index is -1.18. The lowest BCUT2D eigenvalue weighted by atomic mass is 10.1. The zero-order valence-electron chi connectivity index (χ0n) is 10.9. The van der Waals surface area contributed by atoms with Crippen LogP contribution in [-0.2, 0) is 9.53 Å². The maximum atomic E-state index is 12.1. The molecule has 1 aliphatic heterocycles. The molecule has 20 heavy (non-hydrogen) atoms. The van der Waals surface area contributed by atoms with Crippen LogP contribution in [0, 0.1) is 0 Å². The lowest BCUT2D eigenvalue weighted by Crippen LogP contribution is -2.35. The van der Waals surface area contributed by atoms with Gasteiger partial charge in [-0.25, -0.2) is 4.79 Å². The molecule has 0 spiro atoms. The predicted octanol–water partition coefficient (Wildman–Crippen LogP) is 1.35. The van der Waals surface area contributed by atoms with Crippen LogP contribution < -0.4 is 10.6 Å². The largest absolute Gasteiger partial charge is 0.478 e. The third-order valence-corrected chi connectivity index (χ3v) is 3.54. The van der Waals surface area contributed by atoms with E-state index < -0.39 is 12.0 Å². The van der Waals surface area contributed by atoms with E-state index in [1.807, 2.05) is 0 Å². The molecule has 0 bridgehead atoms. The van der Waals surface area contributed by atoms with Gasteiger partial charge in [-0.15, -0.1) is 0 Å². The Kier molecular flexibility index (Phi) is 4.59. The summed E-state index contributed by atoms with van der Waals surface area (Å²) in [5.41, 5.74) is 0.0847. The molecule has 7 heteroatoms. The highest BCUT2D eigenvalue weighted by Crippen LogP contribution is 2.25. The van der Waals surface area contributed by atoms with Crippen molar-refractivity contribution in [3.63, 3.8) is 0 Å². The van der Waals surface area contributed by atoms with E-state index >= 15 is 0 Å². The van der Waals surface area contributed by atoms with E-state index in [4.69, 9.17) is 21.4 Å². The molecule has 1 saturated heterocycles. The molecule has 1 fully saturated rings. The van der Waals surface area contributed by atoms with Gasteiger partial charge in [-0.2, -0.15) is 0 Å². The number of hydrogen-bond acceptors (Lipinski definition) is 4. The topological polar surface area (TPSA) is 87.7 Å². The maximum Gasteiger partial charge on any atom is 0.339 e. The van der Waals surface area contributed by atoms with Crippen molar-refractivity contribution in [3.05, 3.63) is 28.8 Å². The molecule has 0 aromatic heterocycles. The molecule has 2 unspecified atom stereocenters. The number of carbonyl (C=O) groups is 2. The number of carboxylic acids is 1. The zero-order chi connectivity index (χ0) is 14.7. The standard InChI is InChI=1S/C13H15ClN2O4/c1-20-7-5-10(15-6-7)12(17)16-9-4-2-3-8(14)11(9)13(18)19/h2-4,7,10,15H,5-6H2,1H3,(H,16,17)(H,18,19). The second-order valence-corrected chi connectivity index (χ2v) is 4.92. The summed E-state index contributed by atoms with van der Waals surface area (Å²) in [4.78, 5) is 23.3. The van der Waals surface area contributed by atoms with Gasteiger partial charge in [-0.05, 0) is 18.6 Å². The van der Waals surface area contributed by atoms with Crippen molar-refractivity contribution in [2.45, 2.75) is 18.6 Å². The van der Waals surface area contributed by atoms with Crippen molar-refractivity contribution >= 4 is 29.2 Å². The number of aromatic carboxylic acids is 1. The normalized spacial score (nSPS) is 21.7. The van der Waals surface area contributed by atoms with Gasteiger partial charge in [0.2, 0.25) is 5.91 Å². The average Bonchev–Trinajstić information content (AvgIpc) is 2.87. The van der Waals surface area contributed by atoms with E-state index in [1.54, 1.807) is 13.2 Å². The second kappa shape index (κ2) is 6.21. The Balaban J connectivity index is 2.13. The van der Waals surface area contributed by atoms with E-state index in [-0.39, 0.29) is 28.3 Å². The molecule has 1 aromatic carbocycles. The van der Waals surface area contributed by atoms with Gasteiger partial charge in [0.05, 0.1) is 22.9 Å². The maximum absolute atomic E-state index is 12.1. The van der Waals surface area contributed by atoms with Crippen molar-refractivity contribution in [2.24, 2.45) is 0 Å². The van der Waals surface area contributed by atoms with E-state index in [0.29, 0.717) is 13.0 Å². The summed E-state index contributed by atoms with van der Waals surface area (Å²) in [6, 6.07) is 4.16. The minimum Gasteiger partial charge on any atom is -0.478 e. The first-order chi connectivity index (χ1) is 9.52. The van der Waals surface area contributed by atoms with Gasteiger partial charge in [0, 0.05) is 13.7 Å². The summed E-state index contributed by atoms with van der Waals surface area (Å²) in [6.07, 6.45) is 0.537. The molecule has 1 aliphatic rings. The monoisotopic (exact) mass is 298 g/mol. The Morgan fingerprint density at radius 3 is 2.85 bits per heavy atom. The van der Waals surface area contributed by atoms with Crippen LogP contribution in [0.25, 0.3) is 0 Å². The van der Waals surface area contributed by atoms with Gasteiger partial charge in [0.25, 0.3) is 0 Å². The summed E-state index contributed by atoms with van der Waals surface area (Å²) < 4.78 is 5.17. The fourth-order valence-corrected chi connectivity index (χ4v) is 2.40. The molecule has 0 saturated carbocycles. The fourth-order valence-electron chi connectivity index (χ4n) is 2.15. The summed E-state index contributed by atoms with van der Waals surface area (Å²) >= 11 is 5.85. The van der Waals surface area contributed by atoms with Crippen LogP contribution in [0.1, 0.15) is 16.8 Å². The van der Waals surface area contributed by atoms with Crippen LogP contribution in [0.2, 0.25) is 5.02 Å². The van der Waals surface area contributed by atoms with Crippen molar-refractivity contribution in [2.75, 3.05) is 19.0 Å². The first-order valence-corrected chi connectivity index (χ1v) is 6.49. The molecule has 1 aromatic rings. The molecule has 1 amide bonds. The van der Waals surface area contributed by atoms with Gasteiger partial charge in [0.15, 0.2) is 0 Å². The fraction of sp³-hybridized carbons (Fsp3) is 0.385. The highest BCUT2D eigenvalue weighted by molar-refractivity contribution is 6.34. The number of amides is 1. The molecular weight excluding hydrogens is 284 g/mol. The first kappa shape index (κ1) is 14.8. The van der Waals surface area contributed by atoms with Crippen LogP contribution in [0.3, 0.4) is 0 Å². The van der Waals surface area contributed by atoms with Gasteiger partial charge >= 0.3 is 5.97 Å². The van der Waals surface area contributed by atoms with Crippen LogP contribution in [0.5, 0.6) is 0 Å². The number of benzene rings is 1. The number of carboxylic acid groups (broad SMARTS) is 1. The van der Waals surface area contributed by atoms with Crippen LogP contribution in [0.4, 0.5) is 5.69 Å².